The van der Waals surface area contributed by atoms with Crippen LogP contribution in [0, 0.1) is 17.5 Å². The Balaban J connectivity index is 2.43. The second kappa shape index (κ2) is 5.20. The molecular weight excluding hydrogens is 275 g/mol. The number of rotatable bonds is 3. The van der Waals surface area contributed by atoms with Crippen LogP contribution in [0.5, 0.6) is 0 Å². The van der Waals surface area contributed by atoms with Crippen molar-refractivity contribution in [3.8, 4) is 0 Å². The summed E-state index contributed by atoms with van der Waals surface area (Å²) in [6.45, 7) is -0.270. The first kappa shape index (κ1) is 13.9. The van der Waals surface area contributed by atoms with Crippen LogP contribution in [-0.4, -0.2) is 15.6 Å². The van der Waals surface area contributed by atoms with E-state index < -0.39 is 34.5 Å². The average molecular weight is 283 g/mol. The Hall–Kier alpha value is -2.57. The number of pyridine rings is 1. The third kappa shape index (κ3) is 2.56. The molecule has 0 atom stereocenters. The summed E-state index contributed by atoms with van der Waals surface area (Å²) < 4.78 is 39.9. The highest BCUT2D eigenvalue weighted by molar-refractivity contribution is 5.86. The maximum atomic E-state index is 13.1. The van der Waals surface area contributed by atoms with Crippen LogP contribution in [0.3, 0.4) is 0 Å². The van der Waals surface area contributed by atoms with Gasteiger partial charge in [0.25, 0.3) is 5.56 Å². The van der Waals surface area contributed by atoms with Crippen LogP contribution in [0.25, 0.3) is 0 Å². The van der Waals surface area contributed by atoms with Crippen LogP contribution in [-0.2, 0) is 6.54 Å². The molecule has 1 heterocycles. The number of carbonyl (C=O) groups is 1. The molecule has 0 saturated heterocycles. The Morgan fingerprint density at radius 2 is 1.80 bits per heavy atom. The van der Waals surface area contributed by atoms with Crippen molar-refractivity contribution in [2.45, 2.75) is 6.54 Å². The van der Waals surface area contributed by atoms with Gasteiger partial charge in [0.15, 0.2) is 17.5 Å². The molecular formula is C13H8F3NO3. The summed E-state index contributed by atoms with van der Waals surface area (Å²) >= 11 is 0. The molecule has 1 aromatic heterocycles. The van der Waals surface area contributed by atoms with E-state index in [1.165, 1.54) is 12.3 Å². The molecule has 0 bridgehead atoms. The molecule has 0 aliphatic heterocycles. The lowest BCUT2D eigenvalue weighted by molar-refractivity contribution is 0.0694. The monoisotopic (exact) mass is 283 g/mol. The van der Waals surface area contributed by atoms with E-state index in [9.17, 15) is 22.8 Å². The molecule has 2 aromatic rings. The Morgan fingerprint density at radius 3 is 2.35 bits per heavy atom. The molecule has 0 aliphatic carbocycles. The van der Waals surface area contributed by atoms with E-state index in [-0.39, 0.29) is 12.1 Å². The van der Waals surface area contributed by atoms with Gasteiger partial charge in [-0.2, -0.15) is 0 Å². The van der Waals surface area contributed by atoms with Crippen molar-refractivity contribution in [3.63, 3.8) is 0 Å². The van der Waals surface area contributed by atoms with Gasteiger partial charge in [-0.3, -0.25) is 4.79 Å². The standard InChI is InChI=1S/C13H8F3NO3/c14-9-4-7(5-10(15)11(9)16)6-17-3-1-2-8(12(17)18)13(19)20/h1-5H,6H2,(H,19,20). The van der Waals surface area contributed by atoms with Crippen molar-refractivity contribution < 1.29 is 23.1 Å². The SMILES string of the molecule is O=C(O)c1cccn(Cc2cc(F)c(F)c(F)c2)c1=O. The molecule has 0 amide bonds. The van der Waals surface area contributed by atoms with E-state index >= 15 is 0 Å². The first-order valence-corrected chi connectivity index (χ1v) is 5.46. The highest BCUT2D eigenvalue weighted by Crippen LogP contribution is 2.14. The minimum absolute atomic E-state index is 0.00559. The van der Waals surface area contributed by atoms with Gasteiger partial charge >= 0.3 is 5.97 Å². The molecule has 0 aliphatic rings. The fraction of sp³-hybridized carbons (Fsp3) is 0.0769. The van der Waals surface area contributed by atoms with Crippen molar-refractivity contribution in [2.24, 2.45) is 0 Å². The fourth-order valence-corrected chi connectivity index (χ4v) is 1.72. The molecule has 20 heavy (non-hydrogen) atoms. The third-order valence-electron chi connectivity index (χ3n) is 2.65. The molecule has 104 valence electrons. The lowest BCUT2D eigenvalue weighted by Crippen LogP contribution is -2.26. The van der Waals surface area contributed by atoms with E-state index in [0.717, 1.165) is 22.8 Å². The van der Waals surface area contributed by atoms with Gasteiger partial charge in [-0.1, -0.05) is 0 Å². The minimum atomic E-state index is -1.60. The number of carboxylic acids is 1. The predicted octanol–water partition coefficient (Wildman–Crippen LogP) is 2.01. The van der Waals surface area contributed by atoms with Crippen molar-refractivity contribution >= 4 is 5.97 Å². The molecule has 4 nitrogen and oxygen atoms in total. The molecule has 0 unspecified atom stereocenters. The fourth-order valence-electron chi connectivity index (χ4n) is 1.72. The van der Waals surface area contributed by atoms with Gasteiger partial charge in [-0.25, -0.2) is 18.0 Å². The highest BCUT2D eigenvalue weighted by Gasteiger charge is 2.13. The second-order valence-electron chi connectivity index (χ2n) is 4.03. The lowest BCUT2D eigenvalue weighted by atomic mass is 10.2. The maximum Gasteiger partial charge on any atom is 0.341 e. The number of halogens is 3. The zero-order valence-electron chi connectivity index (χ0n) is 9.94. The molecule has 1 N–H and O–H groups in total. The molecule has 0 saturated carbocycles. The number of carboxylic acid groups (broad SMARTS) is 1. The van der Waals surface area contributed by atoms with E-state index in [4.69, 9.17) is 5.11 Å². The topological polar surface area (TPSA) is 59.3 Å². The van der Waals surface area contributed by atoms with E-state index in [0.29, 0.717) is 0 Å². The maximum absolute atomic E-state index is 13.1. The van der Waals surface area contributed by atoms with Gasteiger partial charge in [0.2, 0.25) is 0 Å². The summed E-state index contributed by atoms with van der Waals surface area (Å²) in [5.41, 5.74) is -1.27. The Morgan fingerprint density at radius 1 is 1.20 bits per heavy atom. The summed E-state index contributed by atoms with van der Waals surface area (Å²) in [7, 11) is 0. The smallest absolute Gasteiger partial charge is 0.341 e. The summed E-state index contributed by atoms with van der Waals surface area (Å²) in [4.78, 5) is 22.6. The van der Waals surface area contributed by atoms with Gasteiger partial charge in [-0.15, -0.1) is 0 Å². The van der Waals surface area contributed by atoms with Crippen LogP contribution in [0.4, 0.5) is 13.2 Å². The van der Waals surface area contributed by atoms with Gasteiger partial charge in [-0.05, 0) is 29.8 Å². The van der Waals surface area contributed by atoms with Gasteiger partial charge in [0.05, 0.1) is 6.54 Å². The number of aromatic carboxylic acids is 1. The predicted molar refractivity (Wildman–Crippen MR) is 63.1 cm³/mol. The Kier molecular flexibility index (Phi) is 3.60. The van der Waals surface area contributed by atoms with Gasteiger partial charge in [0.1, 0.15) is 5.56 Å². The van der Waals surface area contributed by atoms with Gasteiger partial charge < -0.3 is 9.67 Å². The third-order valence-corrected chi connectivity index (χ3v) is 2.65. The van der Waals surface area contributed by atoms with Crippen LogP contribution in [0.2, 0.25) is 0 Å². The summed E-state index contributed by atoms with van der Waals surface area (Å²) in [6, 6.07) is 3.94. The van der Waals surface area contributed by atoms with E-state index in [2.05, 4.69) is 0 Å². The molecule has 0 fully saturated rings. The van der Waals surface area contributed by atoms with Crippen LogP contribution in [0.1, 0.15) is 15.9 Å². The van der Waals surface area contributed by atoms with Crippen LogP contribution < -0.4 is 5.56 Å². The summed E-state index contributed by atoms with van der Waals surface area (Å²) in [5, 5.41) is 8.80. The first-order valence-electron chi connectivity index (χ1n) is 5.46. The summed E-state index contributed by atoms with van der Waals surface area (Å²) in [5.74, 6) is -5.74. The normalized spacial score (nSPS) is 10.6. The van der Waals surface area contributed by atoms with Crippen molar-refractivity contribution in [3.05, 3.63) is 69.4 Å². The van der Waals surface area contributed by atoms with Gasteiger partial charge in [0, 0.05) is 6.20 Å². The van der Waals surface area contributed by atoms with Crippen LogP contribution in [0.15, 0.2) is 35.3 Å². The number of hydrogen-bond donors (Lipinski definition) is 1. The first-order chi connectivity index (χ1) is 9.40. The van der Waals surface area contributed by atoms with Crippen molar-refractivity contribution in [1.29, 1.82) is 0 Å². The van der Waals surface area contributed by atoms with E-state index in [1.807, 2.05) is 0 Å². The lowest BCUT2D eigenvalue weighted by Gasteiger charge is -2.07. The zero-order chi connectivity index (χ0) is 14.9. The average Bonchev–Trinajstić information content (AvgIpc) is 2.38. The molecule has 1 aromatic carbocycles. The number of aromatic nitrogens is 1. The van der Waals surface area contributed by atoms with Crippen molar-refractivity contribution in [2.75, 3.05) is 0 Å². The molecule has 0 radical (unpaired) electrons. The van der Waals surface area contributed by atoms with Crippen molar-refractivity contribution in [1.82, 2.24) is 4.57 Å². The van der Waals surface area contributed by atoms with E-state index in [1.54, 1.807) is 0 Å². The molecule has 2 rings (SSSR count). The molecule has 0 spiro atoms. The number of nitrogens with zero attached hydrogens (tertiary/aromatic N) is 1. The Labute approximate surface area is 110 Å². The second-order valence-corrected chi connectivity index (χ2v) is 4.03. The zero-order valence-corrected chi connectivity index (χ0v) is 9.94. The van der Waals surface area contributed by atoms with Crippen LogP contribution >= 0.6 is 0 Å². The quantitative estimate of drug-likeness (QED) is 0.877. The largest absolute Gasteiger partial charge is 0.477 e. The number of hydrogen-bond acceptors (Lipinski definition) is 2. The summed E-state index contributed by atoms with van der Waals surface area (Å²) in [6.07, 6.45) is 1.27. The molecule has 7 heteroatoms. The highest BCUT2D eigenvalue weighted by atomic mass is 19.2. The number of benzene rings is 1. The Bertz CT molecular complexity index is 717. The minimum Gasteiger partial charge on any atom is -0.477 e.